The quantitative estimate of drug-likeness (QED) is 0.397. The average molecular weight is 313 g/mol. The maximum atomic E-state index is 6.67. The van der Waals surface area contributed by atoms with E-state index in [0.717, 1.165) is 27.5 Å². The summed E-state index contributed by atoms with van der Waals surface area (Å²) < 4.78 is 5.86. The summed E-state index contributed by atoms with van der Waals surface area (Å²) in [6.07, 6.45) is 0. The van der Waals surface area contributed by atoms with E-state index in [1.165, 1.54) is 11.1 Å². The Morgan fingerprint density at radius 3 is 2.62 bits per heavy atom. The van der Waals surface area contributed by atoms with Crippen molar-refractivity contribution in [2.75, 3.05) is 0 Å². The smallest absolute Gasteiger partial charge is 0.135 e. The largest absolute Gasteiger partial charge is 0.456 e. The normalized spacial score (nSPS) is 13.0. The van der Waals surface area contributed by atoms with Crippen LogP contribution < -0.4 is 0 Å². The Bertz CT molecular complexity index is 935. The van der Waals surface area contributed by atoms with Gasteiger partial charge in [-0.05, 0) is 52.6 Å². The number of halogens is 1. The Morgan fingerprint density at radius 1 is 1.00 bits per heavy atom. The molecule has 2 aromatic heterocycles. The SMILES string of the molecule is Cc1cscc1C(Cl)c1ccc2oc3ccccc3c2c1. The standard InChI is InChI=1S/C18H13ClOS/c1-11-9-21-10-15(11)18(19)12-6-7-17-14(8-12)13-4-2-3-5-16(13)20-17/h2-10,18H,1H3. The molecule has 0 fully saturated rings. The van der Waals surface area contributed by atoms with Crippen molar-refractivity contribution < 1.29 is 4.42 Å². The number of thiophene rings is 1. The molecule has 1 nitrogen and oxygen atoms in total. The van der Waals surface area contributed by atoms with Gasteiger partial charge in [0.2, 0.25) is 0 Å². The van der Waals surface area contributed by atoms with Crippen LogP contribution in [-0.4, -0.2) is 0 Å². The highest BCUT2D eigenvalue weighted by Crippen LogP contribution is 2.36. The van der Waals surface area contributed by atoms with Crippen molar-refractivity contribution in [2.24, 2.45) is 0 Å². The van der Waals surface area contributed by atoms with E-state index >= 15 is 0 Å². The molecule has 4 aromatic rings. The van der Waals surface area contributed by atoms with Crippen molar-refractivity contribution in [3.63, 3.8) is 0 Å². The van der Waals surface area contributed by atoms with E-state index in [0.29, 0.717) is 0 Å². The second-order valence-corrected chi connectivity index (χ2v) is 6.41. The molecule has 0 aliphatic carbocycles. The number of alkyl halides is 1. The van der Waals surface area contributed by atoms with Gasteiger partial charge in [0.15, 0.2) is 0 Å². The Morgan fingerprint density at radius 2 is 1.81 bits per heavy atom. The number of aryl methyl sites for hydroxylation is 1. The second-order valence-electron chi connectivity index (χ2n) is 5.23. The molecular weight excluding hydrogens is 300 g/mol. The van der Waals surface area contributed by atoms with Crippen molar-refractivity contribution in [2.45, 2.75) is 12.3 Å². The van der Waals surface area contributed by atoms with Crippen molar-refractivity contribution in [3.8, 4) is 0 Å². The van der Waals surface area contributed by atoms with Gasteiger partial charge in [0.05, 0.1) is 5.38 Å². The minimum atomic E-state index is -0.116. The summed E-state index contributed by atoms with van der Waals surface area (Å²) in [5, 5.41) is 6.41. The van der Waals surface area contributed by atoms with Crippen LogP contribution in [0, 0.1) is 6.92 Å². The summed E-state index contributed by atoms with van der Waals surface area (Å²) in [5.41, 5.74) is 5.37. The summed E-state index contributed by atoms with van der Waals surface area (Å²) >= 11 is 8.37. The van der Waals surface area contributed by atoms with Gasteiger partial charge in [-0.1, -0.05) is 24.3 Å². The number of hydrogen-bond donors (Lipinski definition) is 0. The van der Waals surface area contributed by atoms with Crippen LogP contribution in [0.5, 0.6) is 0 Å². The van der Waals surface area contributed by atoms with Crippen LogP contribution in [0.2, 0.25) is 0 Å². The highest BCUT2D eigenvalue weighted by Gasteiger charge is 2.16. The molecule has 0 saturated carbocycles. The Kier molecular flexibility index (Phi) is 3.02. The van der Waals surface area contributed by atoms with E-state index in [9.17, 15) is 0 Å². The highest BCUT2D eigenvalue weighted by molar-refractivity contribution is 7.08. The van der Waals surface area contributed by atoms with Crippen LogP contribution in [0.4, 0.5) is 0 Å². The molecule has 0 radical (unpaired) electrons. The fourth-order valence-electron chi connectivity index (χ4n) is 2.71. The molecule has 0 saturated heterocycles. The van der Waals surface area contributed by atoms with E-state index in [4.69, 9.17) is 16.0 Å². The van der Waals surface area contributed by atoms with E-state index in [2.05, 4.69) is 35.9 Å². The summed E-state index contributed by atoms with van der Waals surface area (Å²) in [6, 6.07) is 14.3. The van der Waals surface area contributed by atoms with Crippen molar-refractivity contribution in [3.05, 3.63) is 69.9 Å². The van der Waals surface area contributed by atoms with Gasteiger partial charge in [0, 0.05) is 10.8 Å². The first-order chi connectivity index (χ1) is 10.2. The lowest BCUT2D eigenvalue weighted by atomic mass is 10.0. The van der Waals surface area contributed by atoms with Gasteiger partial charge in [0.25, 0.3) is 0 Å². The molecule has 21 heavy (non-hydrogen) atoms. The second kappa shape index (κ2) is 4.90. The third-order valence-electron chi connectivity index (χ3n) is 3.86. The Labute approximate surface area is 131 Å². The molecule has 4 rings (SSSR count). The Hall–Kier alpha value is -1.77. The van der Waals surface area contributed by atoms with E-state index in [1.807, 2.05) is 24.3 Å². The Balaban J connectivity index is 1.90. The maximum Gasteiger partial charge on any atom is 0.135 e. The van der Waals surface area contributed by atoms with Crippen molar-refractivity contribution in [1.82, 2.24) is 0 Å². The van der Waals surface area contributed by atoms with Gasteiger partial charge in [-0.2, -0.15) is 11.3 Å². The molecule has 1 unspecified atom stereocenters. The van der Waals surface area contributed by atoms with Crippen molar-refractivity contribution >= 4 is 44.9 Å². The zero-order valence-corrected chi connectivity index (χ0v) is 13.0. The summed E-state index contributed by atoms with van der Waals surface area (Å²) in [6.45, 7) is 2.10. The van der Waals surface area contributed by atoms with Gasteiger partial charge in [0.1, 0.15) is 11.2 Å². The van der Waals surface area contributed by atoms with Gasteiger partial charge in [-0.15, -0.1) is 11.6 Å². The van der Waals surface area contributed by atoms with Crippen LogP contribution in [0.15, 0.2) is 57.6 Å². The van der Waals surface area contributed by atoms with Crippen LogP contribution in [0.1, 0.15) is 22.1 Å². The first-order valence-corrected chi connectivity index (χ1v) is 8.20. The van der Waals surface area contributed by atoms with E-state index in [-0.39, 0.29) is 5.38 Å². The van der Waals surface area contributed by atoms with Crippen molar-refractivity contribution in [1.29, 1.82) is 0 Å². The zero-order valence-electron chi connectivity index (χ0n) is 11.5. The zero-order chi connectivity index (χ0) is 14.4. The van der Waals surface area contributed by atoms with Crippen LogP contribution in [0.25, 0.3) is 21.9 Å². The third-order valence-corrected chi connectivity index (χ3v) is 5.23. The predicted octanol–water partition coefficient (Wildman–Crippen LogP) is 6.28. The molecule has 2 heterocycles. The molecule has 0 bridgehead atoms. The number of hydrogen-bond acceptors (Lipinski definition) is 2. The number of benzene rings is 2. The van der Waals surface area contributed by atoms with Gasteiger partial charge in [-0.3, -0.25) is 0 Å². The molecule has 0 aliphatic heterocycles. The maximum absolute atomic E-state index is 6.67. The highest BCUT2D eigenvalue weighted by atomic mass is 35.5. The van der Waals surface area contributed by atoms with Gasteiger partial charge < -0.3 is 4.42 Å². The monoisotopic (exact) mass is 312 g/mol. The number of rotatable bonds is 2. The summed E-state index contributed by atoms with van der Waals surface area (Å²) in [7, 11) is 0. The molecule has 1 atom stereocenters. The lowest BCUT2D eigenvalue weighted by molar-refractivity contribution is 0.669. The van der Waals surface area contributed by atoms with Gasteiger partial charge >= 0.3 is 0 Å². The first-order valence-electron chi connectivity index (χ1n) is 6.82. The minimum Gasteiger partial charge on any atom is -0.456 e. The van der Waals surface area contributed by atoms with Crippen LogP contribution in [0.3, 0.4) is 0 Å². The fourth-order valence-corrected chi connectivity index (χ4v) is 4.03. The molecular formula is C18H13ClOS. The fraction of sp³-hybridized carbons (Fsp3) is 0.111. The molecule has 0 N–H and O–H groups in total. The predicted molar refractivity (Wildman–Crippen MR) is 90.5 cm³/mol. The molecule has 3 heteroatoms. The average Bonchev–Trinajstić information content (AvgIpc) is 3.09. The minimum absolute atomic E-state index is 0.116. The molecule has 2 aromatic carbocycles. The molecule has 0 aliphatic rings. The number of furan rings is 1. The van der Waals surface area contributed by atoms with E-state index in [1.54, 1.807) is 11.3 Å². The summed E-state index contributed by atoms with van der Waals surface area (Å²) in [4.78, 5) is 0. The first kappa shape index (κ1) is 12.9. The van der Waals surface area contributed by atoms with Crippen LogP contribution in [-0.2, 0) is 0 Å². The lowest BCUT2D eigenvalue weighted by Gasteiger charge is -2.09. The molecule has 0 amide bonds. The van der Waals surface area contributed by atoms with Crippen LogP contribution >= 0.6 is 22.9 Å². The number of fused-ring (bicyclic) bond motifs is 3. The number of para-hydroxylation sites is 1. The van der Waals surface area contributed by atoms with Gasteiger partial charge in [-0.25, -0.2) is 0 Å². The molecule has 0 spiro atoms. The lowest BCUT2D eigenvalue weighted by Crippen LogP contribution is -1.93. The molecule has 104 valence electrons. The van der Waals surface area contributed by atoms with E-state index < -0.39 is 0 Å². The third kappa shape index (κ3) is 2.06. The topological polar surface area (TPSA) is 13.1 Å². The summed E-state index contributed by atoms with van der Waals surface area (Å²) in [5.74, 6) is 0.